The fourth-order valence-electron chi connectivity index (χ4n) is 4.50. The summed E-state index contributed by atoms with van der Waals surface area (Å²) in [7, 11) is 0. The first-order chi connectivity index (χ1) is 16.4. The molecule has 11 heteroatoms. The largest absolute Gasteiger partial charge is 0.477 e. The van der Waals surface area contributed by atoms with Crippen molar-refractivity contribution in [3.8, 4) is 0 Å². The zero-order valence-electron chi connectivity index (χ0n) is 18.3. The van der Waals surface area contributed by atoms with E-state index >= 15 is 0 Å². The average Bonchev–Trinajstić information content (AvgIpc) is 3.57. The highest BCUT2D eigenvalue weighted by atomic mass is 32.2. The van der Waals surface area contributed by atoms with Gasteiger partial charge in [0.25, 0.3) is 5.91 Å². The Hall–Kier alpha value is -2.79. The molecule has 1 aromatic heterocycles. The minimum absolute atomic E-state index is 0.0479. The first kappa shape index (κ1) is 23.0. The van der Waals surface area contributed by atoms with Crippen molar-refractivity contribution in [3.63, 3.8) is 0 Å². The van der Waals surface area contributed by atoms with E-state index in [4.69, 9.17) is 0 Å². The molecular formula is C23H24N4O5S2. The number of pyridine rings is 1. The molecule has 4 heterocycles. The Kier molecular flexibility index (Phi) is 6.39. The van der Waals surface area contributed by atoms with E-state index < -0.39 is 23.3 Å². The summed E-state index contributed by atoms with van der Waals surface area (Å²) < 4.78 is 0. The first-order valence-corrected chi connectivity index (χ1v) is 13.2. The fraction of sp³-hybridized carbons (Fsp3) is 0.435. The number of allylic oxidation sites excluding steroid dienone is 1. The van der Waals surface area contributed by atoms with Crippen LogP contribution >= 0.6 is 23.5 Å². The van der Waals surface area contributed by atoms with Gasteiger partial charge < -0.3 is 15.7 Å². The van der Waals surface area contributed by atoms with Gasteiger partial charge in [0.05, 0.1) is 5.75 Å². The molecule has 3 aliphatic heterocycles. The number of carbonyl (C=O) groups excluding carboxylic acids is 3. The van der Waals surface area contributed by atoms with Gasteiger partial charge in [-0.05, 0) is 54.9 Å². The molecule has 0 aromatic carbocycles. The van der Waals surface area contributed by atoms with Crippen LogP contribution in [0.25, 0.3) is 0 Å². The van der Waals surface area contributed by atoms with Crippen LogP contribution in [0.5, 0.6) is 0 Å². The molecule has 3 N–H and O–H groups in total. The number of fused-ring (bicyclic) bond motifs is 1. The molecule has 1 saturated carbocycles. The minimum atomic E-state index is -1.18. The second-order valence-corrected chi connectivity index (χ2v) is 10.8. The van der Waals surface area contributed by atoms with Gasteiger partial charge in [0.1, 0.15) is 17.1 Å². The number of aromatic nitrogens is 1. The van der Waals surface area contributed by atoms with Crippen LogP contribution in [0, 0.1) is 5.92 Å². The SMILES string of the molecule is O=C(CSc1ccncc1)N[C@@H]1C(=O)N2C(C(=O)O)=C(C(CC3CC3)=C3CCNC3=O)CS[C@H]12. The second kappa shape index (κ2) is 9.46. The molecule has 5 rings (SSSR count). The Morgan fingerprint density at radius 3 is 2.68 bits per heavy atom. The van der Waals surface area contributed by atoms with Crippen molar-refractivity contribution < 1.29 is 24.3 Å². The van der Waals surface area contributed by atoms with E-state index in [9.17, 15) is 24.3 Å². The number of hydrogen-bond donors (Lipinski definition) is 3. The maximum atomic E-state index is 13.0. The molecule has 34 heavy (non-hydrogen) atoms. The van der Waals surface area contributed by atoms with Crippen LogP contribution in [-0.2, 0) is 19.2 Å². The van der Waals surface area contributed by atoms with Gasteiger partial charge in [-0.1, -0.05) is 0 Å². The normalized spacial score (nSPS) is 25.5. The summed E-state index contributed by atoms with van der Waals surface area (Å²) in [6.45, 7) is 0.544. The number of nitrogens with zero attached hydrogens (tertiary/aromatic N) is 2. The lowest BCUT2D eigenvalue weighted by Gasteiger charge is -2.49. The molecule has 4 aliphatic rings. The summed E-state index contributed by atoms with van der Waals surface area (Å²) in [6.07, 6.45) is 6.65. The molecule has 1 aliphatic carbocycles. The Labute approximate surface area is 204 Å². The van der Waals surface area contributed by atoms with E-state index in [1.807, 2.05) is 0 Å². The summed E-state index contributed by atoms with van der Waals surface area (Å²) in [4.78, 5) is 56.3. The van der Waals surface area contributed by atoms with Crippen LogP contribution in [0.3, 0.4) is 0 Å². The third-order valence-electron chi connectivity index (χ3n) is 6.36. The summed E-state index contributed by atoms with van der Waals surface area (Å²) in [5.74, 6) is -1.06. The number of rotatable bonds is 8. The molecule has 178 valence electrons. The smallest absolute Gasteiger partial charge is 0.352 e. The summed E-state index contributed by atoms with van der Waals surface area (Å²) >= 11 is 2.77. The van der Waals surface area contributed by atoms with E-state index in [0.29, 0.717) is 42.2 Å². The van der Waals surface area contributed by atoms with Crippen molar-refractivity contribution in [3.05, 3.63) is 46.9 Å². The number of carboxylic acids is 1. The predicted molar refractivity (Wildman–Crippen MR) is 127 cm³/mol. The van der Waals surface area contributed by atoms with Gasteiger partial charge in [-0.15, -0.1) is 23.5 Å². The molecule has 2 saturated heterocycles. The standard InChI is InChI=1S/C23H24N4O5S2/c28-17(11-33-13-3-6-24-7-4-13)26-18-21(30)27-19(23(31)32)16(10-34-22(18)27)15(9-12-1-2-12)14-5-8-25-20(14)29/h3-4,6-7,12,18,22H,1-2,5,8-11H2,(H,25,29)(H,26,28)(H,31,32)/t18-,22-/m1/s1. The molecule has 3 fully saturated rings. The number of carbonyl (C=O) groups is 4. The molecule has 1 aromatic rings. The van der Waals surface area contributed by atoms with Crippen LogP contribution in [0.1, 0.15) is 25.7 Å². The minimum Gasteiger partial charge on any atom is -0.477 e. The second-order valence-electron chi connectivity index (χ2n) is 8.67. The van der Waals surface area contributed by atoms with Crippen molar-refractivity contribution in [1.29, 1.82) is 0 Å². The summed E-state index contributed by atoms with van der Waals surface area (Å²) in [6, 6.07) is 2.84. The van der Waals surface area contributed by atoms with Crippen molar-refractivity contribution in [2.75, 3.05) is 18.1 Å². The van der Waals surface area contributed by atoms with Crippen molar-refractivity contribution >= 4 is 47.2 Å². The van der Waals surface area contributed by atoms with Gasteiger partial charge in [0, 0.05) is 35.2 Å². The molecule has 0 radical (unpaired) electrons. The van der Waals surface area contributed by atoms with Gasteiger partial charge in [-0.3, -0.25) is 24.3 Å². The maximum absolute atomic E-state index is 13.0. The van der Waals surface area contributed by atoms with E-state index in [0.717, 1.165) is 23.3 Å². The number of thioether (sulfide) groups is 2. The fourth-order valence-corrected chi connectivity index (χ4v) is 6.58. The summed E-state index contributed by atoms with van der Waals surface area (Å²) in [5, 5.41) is 15.2. The number of β-lactam (4-membered cyclic amide) rings is 1. The number of amides is 3. The van der Waals surface area contributed by atoms with Gasteiger partial charge in [-0.2, -0.15) is 0 Å². The topological polar surface area (TPSA) is 129 Å². The highest BCUT2D eigenvalue weighted by molar-refractivity contribution is 8.00. The van der Waals surface area contributed by atoms with Gasteiger partial charge in [0.15, 0.2) is 0 Å². The molecule has 0 unspecified atom stereocenters. The quantitative estimate of drug-likeness (QED) is 0.279. The van der Waals surface area contributed by atoms with Crippen LogP contribution in [0.4, 0.5) is 0 Å². The number of hydrogen-bond acceptors (Lipinski definition) is 7. The highest BCUT2D eigenvalue weighted by Crippen LogP contribution is 2.46. The summed E-state index contributed by atoms with van der Waals surface area (Å²) in [5.41, 5.74) is 1.95. The Morgan fingerprint density at radius 1 is 1.26 bits per heavy atom. The van der Waals surface area contributed by atoms with E-state index in [1.54, 1.807) is 24.5 Å². The van der Waals surface area contributed by atoms with Gasteiger partial charge in [0.2, 0.25) is 11.8 Å². The Bertz CT molecular complexity index is 1120. The third kappa shape index (κ3) is 4.46. The zero-order chi connectivity index (χ0) is 23.8. The van der Waals surface area contributed by atoms with Crippen LogP contribution < -0.4 is 10.6 Å². The Balaban J connectivity index is 1.34. The third-order valence-corrected chi connectivity index (χ3v) is 8.65. The lowest BCUT2D eigenvalue weighted by atomic mass is 9.91. The zero-order valence-corrected chi connectivity index (χ0v) is 19.9. The monoisotopic (exact) mass is 500 g/mol. The molecule has 2 atom stereocenters. The number of aliphatic carboxylic acids is 1. The van der Waals surface area contributed by atoms with Crippen LogP contribution in [0.2, 0.25) is 0 Å². The van der Waals surface area contributed by atoms with Crippen molar-refractivity contribution in [1.82, 2.24) is 20.5 Å². The van der Waals surface area contributed by atoms with Crippen LogP contribution in [0.15, 0.2) is 51.8 Å². The molecule has 0 spiro atoms. The van der Waals surface area contributed by atoms with Gasteiger partial charge >= 0.3 is 5.97 Å². The van der Waals surface area contributed by atoms with Crippen molar-refractivity contribution in [2.45, 2.75) is 42.0 Å². The molecule has 9 nitrogen and oxygen atoms in total. The van der Waals surface area contributed by atoms with Crippen LogP contribution in [-0.4, -0.2) is 68.1 Å². The highest BCUT2D eigenvalue weighted by Gasteiger charge is 2.54. The lowest BCUT2D eigenvalue weighted by molar-refractivity contribution is -0.150. The number of nitrogens with one attached hydrogen (secondary N) is 2. The average molecular weight is 501 g/mol. The first-order valence-electron chi connectivity index (χ1n) is 11.2. The van der Waals surface area contributed by atoms with E-state index in [2.05, 4.69) is 15.6 Å². The van der Waals surface area contributed by atoms with Crippen molar-refractivity contribution in [2.24, 2.45) is 5.92 Å². The van der Waals surface area contributed by atoms with E-state index in [1.165, 1.54) is 28.4 Å². The van der Waals surface area contributed by atoms with E-state index in [-0.39, 0.29) is 23.3 Å². The predicted octanol–water partition coefficient (Wildman–Crippen LogP) is 1.53. The molecule has 3 amide bonds. The van der Waals surface area contributed by atoms with Gasteiger partial charge in [-0.25, -0.2) is 4.79 Å². The lowest BCUT2D eigenvalue weighted by Crippen LogP contribution is -2.70. The number of carboxylic acid groups (broad SMARTS) is 1. The molecule has 0 bridgehead atoms. The Morgan fingerprint density at radius 2 is 2.03 bits per heavy atom. The molecular weight excluding hydrogens is 476 g/mol. The maximum Gasteiger partial charge on any atom is 0.352 e.